The van der Waals surface area contributed by atoms with Crippen molar-refractivity contribution in [3.05, 3.63) is 23.5 Å². The highest BCUT2D eigenvalue weighted by Crippen LogP contribution is 2.34. The summed E-state index contributed by atoms with van der Waals surface area (Å²) in [6.45, 7) is 11.6. The summed E-state index contributed by atoms with van der Waals surface area (Å²) in [4.78, 5) is 35.1. The number of hydrogen-bond donors (Lipinski definition) is 0. The summed E-state index contributed by atoms with van der Waals surface area (Å²) in [5.74, 6) is 0.372. The van der Waals surface area contributed by atoms with Crippen LogP contribution in [-0.4, -0.2) is 59.3 Å². The molecule has 2 saturated heterocycles. The van der Waals surface area contributed by atoms with E-state index in [1.54, 1.807) is 6.92 Å². The molecule has 0 aromatic carbocycles. The predicted molar refractivity (Wildman–Crippen MR) is 102 cm³/mol. The fourth-order valence-corrected chi connectivity index (χ4v) is 3.98. The van der Waals surface area contributed by atoms with Gasteiger partial charge >= 0.3 is 0 Å². The normalized spacial score (nSPS) is 20.8. The van der Waals surface area contributed by atoms with Gasteiger partial charge in [0.15, 0.2) is 0 Å². The highest BCUT2D eigenvalue weighted by Gasteiger charge is 2.32. The molecule has 6 nitrogen and oxygen atoms in total. The topological polar surface area (TPSA) is 56.8 Å². The maximum Gasteiger partial charge on any atom is 0.225 e. The third-order valence-electron chi connectivity index (χ3n) is 5.42. The molecule has 6 heteroatoms. The number of pyridine rings is 1. The van der Waals surface area contributed by atoms with Gasteiger partial charge in [-0.15, -0.1) is 0 Å². The van der Waals surface area contributed by atoms with Crippen LogP contribution in [-0.2, 0) is 9.59 Å². The minimum Gasteiger partial charge on any atom is -0.368 e. The Morgan fingerprint density at radius 1 is 1.12 bits per heavy atom. The van der Waals surface area contributed by atoms with E-state index in [1.807, 2.05) is 30.6 Å². The first-order valence-electron chi connectivity index (χ1n) is 9.66. The first-order chi connectivity index (χ1) is 12.4. The fourth-order valence-electron chi connectivity index (χ4n) is 3.98. The standard InChI is InChI=1S/C20H30N4O2/c1-14(2)20(26)24-7-5-6-19(24)18-13-17(12-15(3)21-18)23-10-8-22(9-11-23)16(4)25/h12-14,19H,5-11H2,1-4H3/t19-/m1/s1. The van der Waals surface area contributed by atoms with E-state index in [-0.39, 0.29) is 23.8 Å². The van der Waals surface area contributed by atoms with Crippen molar-refractivity contribution < 1.29 is 9.59 Å². The Morgan fingerprint density at radius 2 is 1.81 bits per heavy atom. The van der Waals surface area contributed by atoms with E-state index in [9.17, 15) is 9.59 Å². The molecule has 1 atom stereocenters. The zero-order valence-electron chi connectivity index (χ0n) is 16.4. The van der Waals surface area contributed by atoms with Gasteiger partial charge in [-0.05, 0) is 31.9 Å². The molecular formula is C20H30N4O2. The van der Waals surface area contributed by atoms with Crippen LogP contribution in [0.3, 0.4) is 0 Å². The van der Waals surface area contributed by atoms with Crippen LogP contribution in [0.4, 0.5) is 5.69 Å². The molecule has 26 heavy (non-hydrogen) atoms. The van der Waals surface area contributed by atoms with E-state index in [0.29, 0.717) is 0 Å². The smallest absolute Gasteiger partial charge is 0.225 e. The molecule has 1 aromatic rings. The molecule has 2 aliphatic heterocycles. The van der Waals surface area contributed by atoms with Crippen molar-refractivity contribution in [2.75, 3.05) is 37.6 Å². The fraction of sp³-hybridized carbons (Fsp3) is 0.650. The minimum atomic E-state index is 0.0135. The summed E-state index contributed by atoms with van der Waals surface area (Å²) < 4.78 is 0. The first-order valence-corrected chi connectivity index (χ1v) is 9.66. The number of piperazine rings is 1. The van der Waals surface area contributed by atoms with Crippen molar-refractivity contribution in [2.45, 2.75) is 46.6 Å². The summed E-state index contributed by atoms with van der Waals surface area (Å²) in [7, 11) is 0. The van der Waals surface area contributed by atoms with Gasteiger partial charge in [0, 0.05) is 56.9 Å². The molecule has 0 N–H and O–H groups in total. The summed E-state index contributed by atoms with van der Waals surface area (Å²) >= 11 is 0. The van der Waals surface area contributed by atoms with Crippen LogP contribution in [0, 0.1) is 12.8 Å². The number of anilines is 1. The van der Waals surface area contributed by atoms with Gasteiger partial charge in [0.05, 0.1) is 11.7 Å². The number of rotatable bonds is 3. The number of aromatic nitrogens is 1. The van der Waals surface area contributed by atoms with E-state index >= 15 is 0 Å². The SMILES string of the molecule is CC(=O)N1CCN(c2cc(C)nc([C@H]3CCCN3C(=O)C(C)C)c2)CC1. The van der Waals surface area contributed by atoms with Crippen LogP contribution in [0.15, 0.2) is 12.1 Å². The summed E-state index contributed by atoms with van der Waals surface area (Å²) in [5.41, 5.74) is 3.13. The molecule has 1 aromatic heterocycles. The average Bonchev–Trinajstić information content (AvgIpc) is 3.10. The number of carbonyl (C=O) groups excluding carboxylic acids is 2. The zero-order chi connectivity index (χ0) is 18.8. The highest BCUT2D eigenvalue weighted by atomic mass is 16.2. The molecule has 0 saturated carbocycles. The van der Waals surface area contributed by atoms with Crippen LogP contribution < -0.4 is 4.90 Å². The Morgan fingerprint density at radius 3 is 2.42 bits per heavy atom. The third-order valence-corrected chi connectivity index (χ3v) is 5.42. The number of likely N-dealkylation sites (tertiary alicyclic amines) is 1. The van der Waals surface area contributed by atoms with E-state index in [1.165, 1.54) is 0 Å². The molecule has 2 aliphatic rings. The second kappa shape index (κ2) is 7.64. The van der Waals surface area contributed by atoms with Crippen LogP contribution >= 0.6 is 0 Å². The summed E-state index contributed by atoms with van der Waals surface area (Å²) in [5, 5.41) is 0. The summed E-state index contributed by atoms with van der Waals surface area (Å²) in [6, 6.07) is 4.34. The van der Waals surface area contributed by atoms with Gasteiger partial charge < -0.3 is 14.7 Å². The molecule has 0 bridgehead atoms. The molecule has 0 aliphatic carbocycles. The van der Waals surface area contributed by atoms with E-state index in [2.05, 4.69) is 17.0 Å². The molecule has 0 unspecified atom stereocenters. The maximum atomic E-state index is 12.6. The molecule has 3 rings (SSSR count). The van der Waals surface area contributed by atoms with E-state index in [4.69, 9.17) is 4.98 Å². The molecule has 2 amide bonds. The largest absolute Gasteiger partial charge is 0.368 e. The highest BCUT2D eigenvalue weighted by molar-refractivity contribution is 5.79. The monoisotopic (exact) mass is 358 g/mol. The number of hydrogen-bond acceptors (Lipinski definition) is 4. The minimum absolute atomic E-state index is 0.0135. The Labute approximate surface area is 156 Å². The number of carbonyl (C=O) groups is 2. The average molecular weight is 358 g/mol. The van der Waals surface area contributed by atoms with Crippen molar-refractivity contribution in [2.24, 2.45) is 5.92 Å². The Hall–Kier alpha value is -2.11. The van der Waals surface area contributed by atoms with Crippen LogP contribution in [0.5, 0.6) is 0 Å². The lowest BCUT2D eigenvalue weighted by molar-refractivity contribution is -0.135. The van der Waals surface area contributed by atoms with Gasteiger partial charge in [0.25, 0.3) is 0 Å². The lowest BCUT2D eigenvalue weighted by atomic mass is 10.1. The lowest BCUT2D eigenvalue weighted by Crippen LogP contribution is -2.48. The van der Waals surface area contributed by atoms with E-state index < -0.39 is 0 Å². The summed E-state index contributed by atoms with van der Waals surface area (Å²) in [6.07, 6.45) is 2.01. The van der Waals surface area contributed by atoms with Gasteiger partial charge in [-0.1, -0.05) is 13.8 Å². The van der Waals surface area contributed by atoms with Gasteiger partial charge in [-0.2, -0.15) is 0 Å². The van der Waals surface area contributed by atoms with Crippen molar-refractivity contribution in [1.82, 2.24) is 14.8 Å². The van der Waals surface area contributed by atoms with Crippen molar-refractivity contribution >= 4 is 17.5 Å². The van der Waals surface area contributed by atoms with Gasteiger partial charge in [0.2, 0.25) is 11.8 Å². The third kappa shape index (κ3) is 3.84. The zero-order valence-corrected chi connectivity index (χ0v) is 16.4. The molecule has 2 fully saturated rings. The predicted octanol–water partition coefficient (Wildman–Crippen LogP) is 2.38. The number of aryl methyl sites for hydroxylation is 1. The van der Waals surface area contributed by atoms with Gasteiger partial charge in [-0.25, -0.2) is 0 Å². The van der Waals surface area contributed by atoms with Gasteiger partial charge in [-0.3, -0.25) is 14.6 Å². The Balaban J connectivity index is 1.80. The first kappa shape index (κ1) is 18.7. The molecule has 0 radical (unpaired) electrons. The van der Waals surface area contributed by atoms with Crippen LogP contribution in [0.2, 0.25) is 0 Å². The van der Waals surface area contributed by atoms with Crippen LogP contribution in [0.25, 0.3) is 0 Å². The van der Waals surface area contributed by atoms with Crippen LogP contribution in [0.1, 0.15) is 51.0 Å². The second-order valence-corrected chi connectivity index (χ2v) is 7.73. The maximum absolute atomic E-state index is 12.6. The Bertz CT molecular complexity index is 680. The van der Waals surface area contributed by atoms with Crippen molar-refractivity contribution in [1.29, 1.82) is 0 Å². The quantitative estimate of drug-likeness (QED) is 0.832. The van der Waals surface area contributed by atoms with Crippen molar-refractivity contribution in [3.8, 4) is 0 Å². The van der Waals surface area contributed by atoms with Gasteiger partial charge in [0.1, 0.15) is 0 Å². The van der Waals surface area contributed by atoms with E-state index in [0.717, 1.165) is 62.6 Å². The molecule has 0 spiro atoms. The molecular weight excluding hydrogens is 328 g/mol. The number of amides is 2. The van der Waals surface area contributed by atoms with Crippen molar-refractivity contribution in [3.63, 3.8) is 0 Å². The molecule has 142 valence electrons. The number of nitrogens with zero attached hydrogens (tertiary/aromatic N) is 4. The lowest BCUT2D eigenvalue weighted by Gasteiger charge is -2.36. The second-order valence-electron chi connectivity index (χ2n) is 7.73. The Kier molecular flexibility index (Phi) is 5.49. The molecule has 3 heterocycles.